The first-order valence-corrected chi connectivity index (χ1v) is 8.12. The van der Waals surface area contributed by atoms with Gasteiger partial charge < -0.3 is 5.32 Å². The summed E-state index contributed by atoms with van der Waals surface area (Å²) in [5.41, 5.74) is 1.42. The predicted molar refractivity (Wildman–Crippen MR) is 81.9 cm³/mol. The van der Waals surface area contributed by atoms with Crippen molar-refractivity contribution in [3.8, 4) is 0 Å². The third-order valence-corrected chi connectivity index (χ3v) is 4.37. The van der Waals surface area contributed by atoms with Crippen LogP contribution in [-0.2, 0) is 0 Å². The minimum absolute atomic E-state index is 0.433. The van der Waals surface area contributed by atoms with Crippen LogP contribution in [-0.4, -0.2) is 12.3 Å². The number of rotatable bonds is 7. The molecule has 1 nitrogen and oxygen atoms in total. The van der Waals surface area contributed by atoms with Crippen molar-refractivity contribution in [1.82, 2.24) is 5.32 Å². The Morgan fingerprint density at radius 3 is 2.71 bits per heavy atom. The lowest BCUT2D eigenvalue weighted by Gasteiger charge is -2.17. The molecule has 1 aromatic rings. The molecule has 96 valence electrons. The Hall–Kier alpha value is 0.01000. The van der Waals surface area contributed by atoms with Crippen molar-refractivity contribution in [2.24, 2.45) is 0 Å². The van der Waals surface area contributed by atoms with E-state index in [9.17, 15) is 0 Å². The van der Waals surface area contributed by atoms with Crippen LogP contribution in [0.2, 0.25) is 0 Å². The number of nitrogens with one attached hydrogen (secondary N) is 1. The van der Waals surface area contributed by atoms with Crippen molar-refractivity contribution in [3.63, 3.8) is 0 Å². The van der Waals surface area contributed by atoms with E-state index in [1.807, 2.05) is 11.8 Å². The topological polar surface area (TPSA) is 12.0 Å². The van der Waals surface area contributed by atoms with E-state index in [1.54, 1.807) is 0 Å². The molecular formula is C14H22BrNS. The molecule has 3 heteroatoms. The fraction of sp³-hybridized carbons (Fsp3) is 0.571. The zero-order valence-corrected chi connectivity index (χ0v) is 13.3. The lowest BCUT2D eigenvalue weighted by atomic mass is 10.1. The van der Waals surface area contributed by atoms with E-state index in [-0.39, 0.29) is 0 Å². The van der Waals surface area contributed by atoms with Gasteiger partial charge in [-0.15, -0.1) is 11.8 Å². The van der Waals surface area contributed by atoms with Crippen molar-refractivity contribution in [3.05, 3.63) is 28.2 Å². The Morgan fingerprint density at radius 1 is 1.29 bits per heavy atom. The Kier molecular flexibility index (Phi) is 7.24. The van der Waals surface area contributed by atoms with Crippen LogP contribution in [0.15, 0.2) is 27.6 Å². The summed E-state index contributed by atoms with van der Waals surface area (Å²) in [6.45, 7) is 7.75. The summed E-state index contributed by atoms with van der Waals surface area (Å²) in [7, 11) is 0. The molecule has 0 saturated heterocycles. The maximum atomic E-state index is 3.56. The van der Waals surface area contributed by atoms with Gasteiger partial charge in [-0.3, -0.25) is 0 Å². The zero-order chi connectivity index (χ0) is 12.7. The van der Waals surface area contributed by atoms with Crippen LogP contribution >= 0.6 is 27.7 Å². The maximum Gasteiger partial charge on any atom is 0.0302 e. The normalized spacial score (nSPS) is 12.7. The zero-order valence-electron chi connectivity index (χ0n) is 10.9. The Balaban J connectivity index is 2.80. The van der Waals surface area contributed by atoms with Crippen LogP contribution in [0.3, 0.4) is 0 Å². The molecular weight excluding hydrogens is 294 g/mol. The molecule has 0 bridgehead atoms. The highest BCUT2D eigenvalue weighted by Gasteiger charge is 2.10. The molecule has 0 aliphatic heterocycles. The van der Waals surface area contributed by atoms with Crippen molar-refractivity contribution in [2.75, 3.05) is 12.3 Å². The maximum absolute atomic E-state index is 3.56. The lowest BCUT2D eigenvalue weighted by molar-refractivity contribution is 0.563. The summed E-state index contributed by atoms with van der Waals surface area (Å²) >= 11 is 5.51. The molecule has 0 fully saturated rings. The highest BCUT2D eigenvalue weighted by Crippen LogP contribution is 2.30. The van der Waals surface area contributed by atoms with E-state index in [4.69, 9.17) is 0 Å². The number of halogens is 1. The first kappa shape index (κ1) is 15.1. The first-order chi connectivity index (χ1) is 8.19. The second-order valence-corrected chi connectivity index (χ2v) is 6.26. The molecule has 0 radical (unpaired) electrons. The van der Waals surface area contributed by atoms with Gasteiger partial charge in [0.1, 0.15) is 0 Å². The minimum Gasteiger partial charge on any atom is -0.310 e. The van der Waals surface area contributed by atoms with Crippen LogP contribution in [0.1, 0.15) is 45.2 Å². The molecule has 0 aromatic heterocycles. The van der Waals surface area contributed by atoms with Crippen molar-refractivity contribution < 1.29 is 0 Å². The Bertz CT molecular complexity index is 341. The van der Waals surface area contributed by atoms with Gasteiger partial charge in [0.05, 0.1) is 0 Å². The van der Waals surface area contributed by atoms with Crippen molar-refractivity contribution in [2.45, 2.75) is 44.6 Å². The standard InChI is InChI=1S/C14H22BrNS/c1-4-8-16-11(3)13-7-6-12(15)10-14(13)17-9-5-2/h6-7,10-11,16H,4-5,8-9H2,1-3H3. The van der Waals surface area contributed by atoms with E-state index < -0.39 is 0 Å². The van der Waals surface area contributed by atoms with Crippen LogP contribution < -0.4 is 5.32 Å². The van der Waals surface area contributed by atoms with Gasteiger partial charge in [0.25, 0.3) is 0 Å². The molecule has 0 spiro atoms. The predicted octanol–water partition coefficient (Wildman–Crippen LogP) is 5.01. The molecule has 0 aliphatic rings. The molecule has 17 heavy (non-hydrogen) atoms. The van der Waals surface area contributed by atoms with E-state index in [2.05, 4.69) is 60.2 Å². The minimum atomic E-state index is 0.433. The summed E-state index contributed by atoms with van der Waals surface area (Å²) in [6.07, 6.45) is 2.39. The molecule has 1 atom stereocenters. The number of thioether (sulfide) groups is 1. The number of benzene rings is 1. The van der Waals surface area contributed by atoms with E-state index >= 15 is 0 Å². The lowest BCUT2D eigenvalue weighted by Crippen LogP contribution is -2.19. The average molecular weight is 316 g/mol. The highest BCUT2D eigenvalue weighted by atomic mass is 79.9. The van der Waals surface area contributed by atoms with E-state index in [0.29, 0.717) is 6.04 Å². The first-order valence-electron chi connectivity index (χ1n) is 6.34. The molecule has 1 unspecified atom stereocenters. The molecule has 1 N–H and O–H groups in total. The van der Waals surface area contributed by atoms with Gasteiger partial charge in [-0.25, -0.2) is 0 Å². The van der Waals surface area contributed by atoms with Crippen LogP contribution in [0.5, 0.6) is 0 Å². The van der Waals surface area contributed by atoms with Gasteiger partial charge in [-0.05, 0) is 49.8 Å². The summed E-state index contributed by atoms with van der Waals surface area (Å²) in [6, 6.07) is 7.03. The summed E-state index contributed by atoms with van der Waals surface area (Å²) in [4.78, 5) is 1.40. The van der Waals surface area contributed by atoms with Gasteiger partial charge in [0.2, 0.25) is 0 Å². The average Bonchev–Trinajstić information content (AvgIpc) is 2.33. The van der Waals surface area contributed by atoms with Crippen molar-refractivity contribution >= 4 is 27.7 Å². The second kappa shape index (κ2) is 8.17. The SMILES string of the molecule is CCCNC(C)c1ccc(Br)cc1SCCC. The summed E-state index contributed by atoms with van der Waals surface area (Å²) in [5.74, 6) is 1.18. The Labute approximate surface area is 118 Å². The van der Waals surface area contributed by atoms with E-state index in [0.717, 1.165) is 6.54 Å². The van der Waals surface area contributed by atoms with Gasteiger partial charge in [-0.1, -0.05) is 35.8 Å². The molecule has 0 aliphatic carbocycles. The highest BCUT2D eigenvalue weighted by molar-refractivity contribution is 9.10. The number of hydrogen-bond donors (Lipinski definition) is 1. The largest absolute Gasteiger partial charge is 0.310 e. The summed E-state index contributed by atoms with van der Waals surface area (Å²) < 4.78 is 1.17. The third-order valence-electron chi connectivity index (χ3n) is 2.60. The summed E-state index contributed by atoms with van der Waals surface area (Å²) in [5, 5.41) is 3.56. The fourth-order valence-corrected chi connectivity index (χ4v) is 3.23. The van der Waals surface area contributed by atoms with Crippen LogP contribution in [0.25, 0.3) is 0 Å². The fourth-order valence-electron chi connectivity index (χ4n) is 1.67. The monoisotopic (exact) mass is 315 g/mol. The molecule has 1 rings (SSSR count). The molecule has 0 saturated carbocycles. The van der Waals surface area contributed by atoms with Gasteiger partial charge >= 0.3 is 0 Å². The second-order valence-electron chi connectivity index (χ2n) is 4.21. The van der Waals surface area contributed by atoms with Crippen molar-refractivity contribution in [1.29, 1.82) is 0 Å². The molecule has 0 heterocycles. The van der Waals surface area contributed by atoms with E-state index in [1.165, 1.54) is 33.5 Å². The molecule has 0 amide bonds. The Morgan fingerprint density at radius 2 is 2.06 bits per heavy atom. The third kappa shape index (κ3) is 5.02. The van der Waals surface area contributed by atoms with Crippen LogP contribution in [0, 0.1) is 0 Å². The van der Waals surface area contributed by atoms with Gasteiger partial charge in [0, 0.05) is 15.4 Å². The van der Waals surface area contributed by atoms with Crippen LogP contribution in [0.4, 0.5) is 0 Å². The van der Waals surface area contributed by atoms with Gasteiger partial charge in [0.15, 0.2) is 0 Å². The van der Waals surface area contributed by atoms with Gasteiger partial charge in [-0.2, -0.15) is 0 Å². The quantitative estimate of drug-likeness (QED) is 0.710. The molecule has 1 aromatic carbocycles. The number of hydrogen-bond acceptors (Lipinski definition) is 2. The smallest absolute Gasteiger partial charge is 0.0302 e.